The number of hydrogen-bond acceptors (Lipinski definition) is 2. The highest BCUT2D eigenvalue weighted by molar-refractivity contribution is 14.1. The molecule has 0 aromatic heterocycles. The van der Waals surface area contributed by atoms with E-state index in [9.17, 15) is 12.3 Å². The Kier molecular flexibility index (Phi) is 4.97. The lowest BCUT2D eigenvalue weighted by molar-refractivity contribution is 0.551. The van der Waals surface area contributed by atoms with Crippen molar-refractivity contribution < 1.29 is 12.3 Å². The highest BCUT2D eigenvalue weighted by Crippen LogP contribution is 2.15. The molecule has 0 spiro atoms. The van der Waals surface area contributed by atoms with Crippen LogP contribution in [0.1, 0.15) is 11.1 Å². The molecule has 1 aromatic carbocycles. The molecule has 0 aliphatic carbocycles. The lowest BCUT2D eigenvalue weighted by Gasteiger charge is -2.04. The fourth-order valence-corrected chi connectivity index (χ4v) is 3.08. The van der Waals surface area contributed by atoms with Crippen LogP contribution in [0, 0.1) is 15.0 Å². The van der Waals surface area contributed by atoms with Crippen LogP contribution >= 0.6 is 22.6 Å². The minimum Gasteiger partial charge on any atom is -0.194 e. The number of halogens is 2. The second-order valence-electron chi connectivity index (χ2n) is 5.03. The molecule has 0 atom stereocenters. The Morgan fingerprint density at radius 1 is 1.28 bits per heavy atom. The largest absolute Gasteiger partial charge is 0.306 e. The number of rotatable bonds is 2. The Labute approximate surface area is 122 Å². The highest BCUT2D eigenvalue weighted by Gasteiger charge is 2.11. The third-order valence-electron chi connectivity index (χ3n) is 1.88. The zero-order valence-electron chi connectivity index (χ0n) is 10.4. The molecule has 0 heterocycles. The van der Waals surface area contributed by atoms with E-state index in [0.717, 1.165) is 9.13 Å². The Morgan fingerprint density at radius 3 is 2.39 bits per heavy atom. The van der Waals surface area contributed by atoms with Crippen molar-refractivity contribution in [2.24, 2.45) is 0 Å². The lowest BCUT2D eigenvalue weighted by Crippen LogP contribution is -2.16. The monoisotopic (exact) mass is 396 g/mol. The maximum atomic E-state index is 12.7. The average molecular weight is 396 g/mol. The fourth-order valence-electron chi connectivity index (χ4n) is 1.26. The second kappa shape index (κ2) is 5.71. The smallest absolute Gasteiger partial charge is 0.194 e. The van der Waals surface area contributed by atoms with Gasteiger partial charge in [-0.1, -0.05) is 25.6 Å². The van der Waals surface area contributed by atoms with Gasteiger partial charge in [-0.3, -0.25) is 0 Å². The molecule has 0 aliphatic rings. The van der Waals surface area contributed by atoms with E-state index in [1.807, 2.05) is 6.07 Å². The molecule has 0 saturated heterocycles. The summed E-state index contributed by atoms with van der Waals surface area (Å²) in [4.78, 5) is 0. The van der Waals surface area contributed by atoms with Crippen molar-refractivity contribution in [2.45, 2.75) is 25.4 Å². The van der Waals surface area contributed by atoms with Crippen molar-refractivity contribution in [1.29, 1.82) is 0 Å². The molecule has 18 heavy (non-hydrogen) atoms. The topological polar surface area (TPSA) is 34.1 Å². The van der Waals surface area contributed by atoms with Crippen LogP contribution in [0.25, 0.3) is 0 Å². The van der Waals surface area contributed by atoms with Crippen molar-refractivity contribution in [3.8, 4) is 11.5 Å². The van der Waals surface area contributed by atoms with Crippen molar-refractivity contribution in [3.63, 3.8) is 0 Å². The highest BCUT2D eigenvalue weighted by atomic mass is 127. The van der Waals surface area contributed by atoms with Crippen molar-refractivity contribution in [3.05, 3.63) is 32.9 Å². The Morgan fingerprint density at radius 2 is 1.89 bits per heavy atom. The normalized spacial score (nSPS) is 11.8. The van der Waals surface area contributed by atoms with E-state index in [-0.39, 0.29) is 0 Å². The van der Waals surface area contributed by atoms with Gasteiger partial charge in [0.25, 0.3) is 0 Å². The van der Waals surface area contributed by atoms with Gasteiger partial charge >= 0.3 is 10.2 Å². The summed E-state index contributed by atoms with van der Waals surface area (Å²) in [6.45, 7) is 6.38. The van der Waals surface area contributed by atoms with Gasteiger partial charge in [0.15, 0.2) is 0 Å². The summed E-state index contributed by atoms with van der Waals surface area (Å²) < 4.78 is 34.8. The van der Waals surface area contributed by atoms with E-state index in [2.05, 4.69) is 53.7 Å². The van der Waals surface area contributed by atoms with Crippen LogP contribution < -0.4 is 0 Å². The first kappa shape index (κ1) is 15.7. The van der Waals surface area contributed by atoms with E-state index in [1.165, 1.54) is 0 Å². The molecular weight excluding hydrogens is 382 g/mol. The van der Waals surface area contributed by atoms with Crippen LogP contribution in [-0.4, -0.2) is 16.5 Å². The summed E-state index contributed by atoms with van der Waals surface area (Å²) in [5.41, 5.74) is 4.37. The minimum absolute atomic E-state index is 0.435. The van der Waals surface area contributed by atoms with Crippen LogP contribution in [0.5, 0.6) is 0 Å². The van der Waals surface area contributed by atoms with Gasteiger partial charge in [0, 0.05) is 9.13 Å². The molecule has 0 saturated carbocycles. The van der Waals surface area contributed by atoms with Crippen molar-refractivity contribution in [1.82, 2.24) is 0 Å². The zero-order chi connectivity index (χ0) is 14.0. The van der Waals surface area contributed by atoms with Gasteiger partial charge in [0.1, 0.15) is 13.8 Å². The van der Waals surface area contributed by atoms with Crippen LogP contribution in [-0.2, 0) is 16.0 Å². The summed E-state index contributed by atoms with van der Waals surface area (Å²) in [6, 6.07) is 5.14. The minimum atomic E-state index is -4.50. The summed E-state index contributed by atoms with van der Waals surface area (Å²) in [5.74, 6) is 2.45. The van der Waals surface area contributed by atoms with E-state index in [0.29, 0.717) is 5.56 Å². The van der Waals surface area contributed by atoms with Crippen LogP contribution in [0.15, 0.2) is 18.2 Å². The van der Waals surface area contributed by atoms with Gasteiger partial charge in [-0.15, -0.1) is 9.43 Å². The Hall–Kier alpha value is -0.393. The molecule has 0 aliphatic heterocycles. The van der Waals surface area contributed by atoms with Crippen LogP contribution in [0.3, 0.4) is 0 Å². The molecule has 0 radical (unpaired) electrons. The van der Waals surface area contributed by atoms with Gasteiger partial charge in [-0.2, -0.15) is 8.42 Å². The SMILES string of the molecule is C[Si](C)(C)C#Cc1cc(I)cc(CS(=O)(=O)F)c1. The lowest BCUT2D eigenvalue weighted by atomic mass is 10.1. The second-order valence-corrected chi connectivity index (χ2v) is 12.4. The Balaban J connectivity index is 3.12. The standard InChI is InChI=1S/C12H14FIO2SSi/c1-18(2,3)5-4-10-6-11(8-12(14)7-10)9-17(13,15)16/h6-8H,9H2,1-3H3. The molecule has 0 N–H and O–H groups in total. The summed E-state index contributed by atoms with van der Waals surface area (Å²) in [7, 11) is -5.97. The first-order chi connectivity index (χ1) is 8.05. The van der Waals surface area contributed by atoms with E-state index >= 15 is 0 Å². The van der Waals surface area contributed by atoms with E-state index in [4.69, 9.17) is 0 Å². The molecule has 2 nitrogen and oxygen atoms in total. The predicted octanol–water partition coefficient (Wildman–Crippen LogP) is 3.32. The third kappa shape index (κ3) is 6.52. The molecule has 1 rings (SSSR count). The molecule has 0 unspecified atom stereocenters. The van der Waals surface area contributed by atoms with Gasteiger partial charge in [-0.05, 0) is 46.4 Å². The van der Waals surface area contributed by atoms with Crippen LogP contribution in [0.2, 0.25) is 19.6 Å². The summed E-state index contributed by atoms with van der Waals surface area (Å²) >= 11 is 2.07. The predicted molar refractivity (Wildman–Crippen MR) is 83.1 cm³/mol. The van der Waals surface area contributed by atoms with Gasteiger partial charge in [0.2, 0.25) is 0 Å². The molecule has 0 bridgehead atoms. The molecule has 1 aromatic rings. The zero-order valence-corrected chi connectivity index (χ0v) is 14.4. The number of benzene rings is 1. The van der Waals surface area contributed by atoms with Crippen molar-refractivity contribution >= 4 is 40.9 Å². The van der Waals surface area contributed by atoms with Gasteiger partial charge in [-0.25, -0.2) is 0 Å². The first-order valence-corrected chi connectivity index (χ1v) is 11.4. The first-order valence-electron chi connectivity index (χ1n) is 5.30. The summed E-state index contributed by atoms with van der Waals surface area (Å²) in [6.07, 6.45) is 0. The molecule has 0 fully saturated rings. The molecule has 98 valence electrons. The Bertz CT molecular complexity index is 609. The number of hydrogen-bond donors (Lipinski definition) is 0. The molecule has 6 heteroatoms. The maximum absolute atomic E-state index is 12.7. The average Bonchev–Trinajstić information content (AvgIpc) is 2.09. The fraction of sp³-hybridized carbons (Fsp3) is 0.333. The summed E-state index contributed by atoms with van der Waals surface area (Å²) in [5, 5.41) is 0. The van der Waals surface area contributed by atoms with E-state index < -0.39 is 24.0 Å². The van der Waals surface area contributed by atoms with E-state index in [1.54, 1.807) is 12.1 Å². The van der Waals surface area contributed by atoms with Crippen LogP contribution in [0.4, 0.5) is 3.89 Å². The third-order valence-corrected chi connectivity index (χ3v) is 4.05. The van der Waals surface area contributed by atoms with Gasteiger partial charge < -0.3 is 0 Å². The van der Waals surface area contributed by atoms with Crippen molar-refractivity contribution in [2.75, 3.05) is 0 Å². The maximum Gasteiger partial charge on any atom is 0.306 e. The molecular formula is C12H14FIO2SSi. The van der Waals surface area contributed by atoms with Gasteiger partial charge in [0.05, 0.1) is 0 Å². The molecule has 0 amide bonds. The quantitative estimate of drug-likeness (QED) is 0.333.